The second-order valence-electron chi connectivity index (χ2n) is 2.96. The molecule has 0 saturated heterocycles. The maximum Gasteiger partial charge on any atom is 0.309 e. The number of methoxy groups -OCH3 is 2. The summed E-state index contributed by atoms with van der Waals surface area (Å²) in [6, 6.07) is 0. The highest BCUT2D eigenvalue weighted by Gasteiger charge is 2.57. The molecule has 1 aliphatic carbocycles. The van der Waals surface area contributed by atoms with Crippen molar-refractivity contribution in [2.75, 3.05) is 14.2 Å². The van der Waals surface area contributed by atoms with Gasteiger partial charge in [-0.05, 0) is 5.92 Å². The second-order valence-corrected chi connectivity index (χ2v) is 2.96. The van der Waals surface area contributed by atoms with E-state index in [4.69, 9.17) is 0 Å². The minimum absolute atomic E-state index is 0.0601. The Balaban J connectivity index is 2.53. The van der Waals surface area contributed by atoms with Crippen LogP contribution in [0.4, 0.5) is 0 Å². The van der Waals surface area contributed by atoms with Gasteiger partial charge in [-0.25, -0.2) is 0 Å². The quantitative estimate of drug-likeness (QED) is 0.559. The third-order valence-electron chi connectivity index (χ3n) is 2.33. The molecular formula is C8H12O4. The van der Waals surface area contributed by atoms with E-state index in [1.165, 1.54) is 14.2 Å². The number of hydrogen-bond acceptors (Lipinski definition) is 4. The second kappa shape index (κ2) is 3.13. The van der Waals surface area contributed by atoms with Crippen molar-refractivity contribution < 1.29 is 19.1 Å². The lowest BCUT2D eigenvalue weighted by Crippen LogP contribution is -2.10. The Morgan fingerprint density at radius 1 is 1.00 bits per heavy atom. The lowest BCUT2D eigenvalue weighted by atomic mass is 10.3. The van der Waals surface area contributed by atoms with E-state index in [1.54, 1.807) is 0 Å². The largest absolute Gasteiger partial charge is 0.469 e. The van der Waals surface area contributed by atoms with Crippen molar-refractivity contribution in [3.05, 3.63) is 0 Å². The van der Waals surface area contributed by atoms with Crippen LogP contribution in [0.1, 0.15) is 6.92 Å². The van der Waals surface area contributed by atoms with Crippen LogP contribution in [0.2, 0.25) is 0 Å². The lowest BCUT2D eigenvalue weighted by molar-refractivity contribution is -0.148. The summed E-state index contributed by atoms with van der Waals surface area (Å²) < 4.78 is 9.05. The fourth-order valence-electron chi connectivity index (χ4n) is 1.46. The number of hydrogen-bond donors (Lipinski definition) is 0. The molecule has 0 aromatic heterocycles. The van der Waals surface area contributed by atoms with Crippen LogP contribution in [0, 0.1) is 17.8 Å². The van der Waals surface area contributed by atoms with Gasteiger partial charge in [-0.2, -0.15) is 0 Å². The van der Waals surface area contributed by atoms with E-state index in [9.17, 15) is 9.59 Å². The van der Waals surface area contributed by atoms with Crippen LogP contribution in [-0.2, 0) is 19.1 Å². The average Bonchev–Trinajstić information content (AvgIpc) is 2.74. The summed E-state index contributed by atoms with van der Waals surface area (Å²) in [5.41, 5.74) is 0. The summed E-state index contributed by atoms with van der Waals surface area (Å²) in [6.45, 7) is 1.84. The number of esters is 2. The van der Waals surface area contributed by atoms with Gasteiger partial charge in [-0.15, -0.1) is 0 Å². The van der Waals surface area contributed by atoms with Gasteiger partial charge in [0.1, 0.15) is 0 Å². The average molecular weight is 172 g/mol. The maximum absolute atomic E-state index is 11.0. The fourth-order valence-corrected chi connectivity index (χ4v) is 1.46. The van der Waals surface area contributed by atoms with Gasteiger partial charge < -0.3 is 9.47 Å². The van der Waals surface area contributed by atoms with Crippen LogP contribution in [0.15, 0.2) is 0 Å². The highest BCUT2D eigenvalue weighted by molar-refractivity contribution is 5.88. The first-order valence-electron chi connectivity index (χ1n) is 3.79. The molecule has 1 saturated carbocycles. The van der Waals surface area contributed by atoms with Crippen LogP contribution in [-0.4, -0.2) is 26.2 Å². The van der Waals surface area contributed by atoms with Crippen LogP contribution in [0.25, 0.3) is 0 Å². The lowest BCUT2D eigenvalue weighted by Gasteiger charge is -1.96. The molecule has 1 unspecified atom stereocenters. The Hall–Kier alpha value is -1.06. The predicted molar refractivity (Wildman–Crippen MR) is 40.2 cm³/mol. The minimum Gasteiger partial charge on any atom is -0.469 e. The topological polar surface area (TPSA) is 52.6 Å². The Morgan fingerprint density at radius 2 is 1.33 bits per heavy atom. The molecule has 3 atom stereocenters. The molecule has 0 radical (unpaired) electrons. The van der Waals surface area contributed by atoms with Gasteiger partial charge in [0, 0.05) is 0 Å². The van der Waals surface area contributed by atoms with Crippen molar-refractivity contribution in [2.45, 2.75) is 6.92 Å². The summed E-state index contributed by atoms with van der Waals surface area (Å²) in [6.07, 6.45) is 0. The summed E-state index contributed by atoms with van der Waals surface area (Å²) >= 11 is 0. The molecule has 68 valence electrons. The normalized spacial score (nSPS) is 32.4. The van der Waals surface area contributed by atoms with E-state index >= 15 is 0 Å². The molecule has 0 amide bonds. The van der Waals surface area contributed by atoms with E-state index < -0.39 is 0 Å². The molecule has 0 heterocycles. The van der Waals surface area contributed by atoms with Crippen LogP contribution in [0.5, 0.6) is 0 Å². The van der Waals surface area contributed by atoms with E-state index in [0.29, 0.717) is 0 Å². The summed E-state index contributed by atoms with van der Waals surface area (Å²) in [5.74, 6) is -1.16. The highest BCUT2D eigenvalue weighted by atomic mass is 16.5. The van der Waals surface area contributed by atoms with Gasteiger partial charge in [-0.3, -0.25) is 9.59 Å². The van der Waals surface area contributed by atoms with Gasteiger partial charge in [0.15, 0.2) is 0 Å². The molecule has 1 fully saturated rings. The van der Waals surface area contributed by atoms with Crippen molar-refractivity contribution >= 4 is 11.9 Å². The first-order chi connectivity index (χ1) is 5.63. The number of carbonyl (C=O) groups is 2. The first kappa shape index (κ1) is 9.03. The molecule has 4 heteroatoms. The summed E-state index contributed by atoms with van der Waals surface area (Å²) in [5, 5.41) is 0. The third kappa shape index (κ3) is 1.29. The molecule has 0 spiro atoms. The summed E-state index contributed by atoms with van der Waals surface area (Å²) in [4.78, 5) is 22.0. The summed E-state index contributed by atoms with van der Waals surface area (Å²) in [7, 11) is 2.64. The molecule has 0 aliphatic heterocycles. The van der Waals surface area contributed by atoms with Gasteiger partial charge >= 0.3 is 11.9 Å². The standard InChI is InChI=1S/C8H12O4/c1-4-5(7(9)11-2)6(4)8(10)12-3/h4-6H,1-3H3/t4?,5-,6+. The molecule has 1 rings (SSSR count). The molecule has 1 aliphatic rings. The molecule has 0 bridgehead atoms. The third-order valence-corrected chi connectivity index (χ3v) is 2.33. The van der Waals surface area contributed by atoms with E-state index in [0.717, 1.165) is 0 Å². The van der Waals surface area contributed by atoms with Crippen molar-refractivity contribution in [3.8, 4) is 0 Å². The molecule has 0 N–H and O–H groups in total. The smallest absolute Gasteiger partial charge is 0.309 e. The van der Waals surface area contributed by atoms with Gasteiger partial charge in [0.25, 0.3) is 0 Å². The molecule has 0 aromatic rings. The van der Waals surface area contributed by atoms with Crippen LogP contribution < -0.4 is 0 Å². The van der Waals surface area contributed by atoms with E-state index in [1.807, 2.05) is 6.92 Å². The van der Waals surface area contributed by atoms with E-state index in [-0.39, 0.29) is 29.7 Å². The van der Waals surface area contributed by atoms with Gasteiger partial charge in [0.05, 0.1) is 26.1 Å². The van der Waals surface area contributed by atoms with Gasteiger partial charge in [-0.1, -0.05) is 6.92 Å². The van der Waals surface area contributed by atoms with Crippen molar-refractivity contribution in [1.82, 2.24) is 0 Å². The Morgan fingerprint density at radius 3 is 1.58 bits per heavy atom. The molecular weight excluding hydrogens is 160 g/mol. The zero-order valence-electron chi connectivity index (χ0n) is 7.37. The zero-order valence-corrected chi connectivity index (χ0v) is 7.37. The van der Waals surface area contributed by atoms with E-state index in [2.05, 4.69) is 9.47 Å². The van der Waals surface area contributed by atoms with Gasteiger partial charge in [0.2, 0.25) is 0 Å². The predicted octanol–water partition coefficient (Wildman–Crippen LogP) is 0.214. The Kier molecular flexibility index (Phi) is 2.35. The van der Waals surface area contributed by atoms with Crippen molar-refractivity contribution in [2.24, 2.45) is 17.8 Å². The Labute approximate surface area is 70.8 Å². The van der Waals surface area contributed by atoms with Crippen LogP contribution in [0.3, 0.4) is 0 Å². The monoisotopic (exact) mass is 172 g/mol. The zero-order chi connectivity index (χ0) is 9.30. The molecule has 4 nitrogen and oxygen atoms in total. The first-order valence-corrected chi connectivity index (χ1v) is 3.79. The van der Waals surface area contributed by atoms with Crippen molar-refractivity contribution in [3.63, 3.8) is 0 Å². The SMILES string of the molecule is COC(=O)[C@@H]1C(C)[C@@H]1C(=O)OC. The highest BCUT2D eigenvalue weighted by Crippen LogP contribution is 2.47. The Bertz CT molecular complexity index is 189. The molecule has 12 heavy (non-hydrogen) atoms. The fraction of sp³-hybridized carbons (Fsp3) is 0.750. The minimum atomic E-state index is -0.321. The maximum atomic E-state index is 11.0. The van der Waals surface area contributed by atoms with Crippen molar-refractivity contribution in [1.29, 1.82) is 0 Å². The van der Waals surface area contributed by atoms with Crippen LogP contribution >= 0.6 is 0 Å². The number of carbonyl (C=O) groups excluding carboxylic acids is 2. The number of rotatable bonds is 2. The molecule has 0 aromatic carbocycles. The number of ether oxygens (including phenoxy) is 2.